The Labute approximate surface area is 88.8 Å². The Balaban J connectivity index is 2.31. The summed E-state index contributed by atoms with van der Waals surface area (Å²) >= 11 is 1.88. The van der Waals surface area contributed by atoms with Crippen molar-refractivity contribution < 1.29 is 0 Å². The van der Waals surface area contributed by atoms with E-state index in [0.717, 1.165) is 13.0 Å². The molecule has 0 spiro atoms. The lowest BCUT2D eigenvalue weighted by Crippen LogP contribution is -2.09. The first-order chi connectivity index (χ1) is 6.79. The quantitative estimate of drug-likeness (QED) is 0.812. The van der Waals surface area contributed by atoms with E-state index >= 15 is 0 Å². The molecule has 0 saturated heterocycles. The lowest BCUT2D eigenvalue weighted by atomic mass is 10.1. The standard InChI is InChI=1S/C12H15NS/c1-9-7-11-4-3-10(5-6-13-2)8-12(11)14-9/h3-4,7-8,13H,5-6H2,1-2H3. The second-order valence-electron chi connectivity index (χ2n) is 3.58. The molecule has 1 aromatic carbocycles. The minimum Gasteiger partial charge on any atom is -0.319 e. The van der Waals surface area contributed by atoms with Gasteiger partial charge in [-0.1, -0.05) is 12.1 Å². The van der Waals surface area contributed by atoms with Crippen molar-refractivity contribution in [2.45, 2.75) is 13.3 Å². The molecule has 0 atom stereocenters. The predicted octanol–water partition coefficient (Wildman–Crippen LogP) is 2.97. The van der Waals surface area contributed by atoms with Crippen LogP contribution in [-0.2, 0) is 6.42 Å². The summed E-state index contributed by atoms with van der Waals surface area (Å²) in [6.07, 6.45) is 1.11. The zero-order valence-corrected chi connectivity index (χ0v) is 9.45. The van der Waals surface area contributed by atoms with Crippen molar-refractivity contribution in [3.05, 3.63) is 34.7 Å². The number of aryl methyl sites for hydroxylation is 1. The van der Waals surface area contributed by atoms with Crippen molar-refractivity contribution in [3.8, 4) is 0 Å². The van der Waals surface area contributed by atoms with Gasteiger partial charge in [-0.3, -0.25) is 0 Å². The third-order valence-electron chi connectivity index (χ3n) is 2.37. The van der Waals surface area contributed by atoms with E-state index in [9.17, 15) is 0 Å². The van der Waals surface area contributed by atoms with Gasteiger partial charge in [0.05, 0.1) is 0 Å². The van der Waals surface area contributed by atoms with Gasteiger partial charge in [-0.05, 0) is 50.0 Å². The fraction of sp³-hybridized carbons (Fsp3) is 0.333. The Bertz CT molecular complexity index is 431. The molecule has 0 aliphatic rings. The summed E-state index contributed by atoms with van der Waals surface area (Å²) in [7, 11) is 1.99. The highest BCUT2D eigenvalue weighted by Gasteiger charge is 1.99. The molecule has 1 nitrogen and oxygen atoms in total. The van der Waals surface area contributed by atoms with E-state index in [1.54, 1.807) is 0 Å². The zero-order valence-electron chi connectivity index (χ0n) is 8.63. The molecule has 2 heteroatoms. The highest BCUT2D eigenvalue weighted by Crippen LogP contribution is 2.25. The van der Waals surface area contributed by atoms with Crippen LogP contribution in [0.25, 0.3) is 10.1 Å². The summed E-state index contributed by atoms with van der Waals surface area (Å²) in [6, 6.07) is 9.02. The number of rotatable bonds is 3. The molecule has 0 bridgehead atoms. The highest BCUT2D eigenvalue weighted by molar-refractivity contribution is 7.19. The van der Waals surface area contributed by atoms with Gasteiger partial charge < -0.3 is 5.32 Å². The summed E-state index contributed by atoms with van der Waals surface area (Å²) in [5, 5.41) is 4.55. The van der Waals surface area contributed by atoms with E-state index in [1.807, 2.05) is 18.4 Å². The summed E-state index contributed by atoms with van der Waals surface area (Å²) < 4.78 is 1.41. The largest absolute Gasteiger partial charge is 0.319 e. The second kappa shape index (κ2) is 4.11. The van der Waals surface area contributed by atoms with Gasteiger partial charge in [0.2, 0.25) is 0 Å². The van der Waals surface area contributed by atoms with E-state index < -0.39 is 0 Å². The van der Waals surface area contributed by atoms with Gasteiger partial charge in [0, 0.05) is 9.58 Å². The molecule has 2 rings (SSSR count). The SMILES string of the molecule is CNCCc1ccc2cc(C)sc2c1. The third kappa shape index (κ3) is 1.97. The number of benzene rings is 1. The average molecular weight is 205 g/mol. The van der Waals surface area contributed by atoms with Gasteiger partial charge in [-0.2, -0.15) is 0 Å². The monoisotopic (exact) mass is 205 g/mol. The van der Waals surface area contributed by atoms with Crippen LogP contribution in [-0.4, -0.2) is 13.6 Å². The van der Waals surface area contributed by atoms with Crippen LogP contribution >= 0.6 is 11.3 Å². The Kier molecular flexibility index (Phi) is 2.85. The lowest BCUT2D eigenvalue weighted by Gasteiger charge is -2.00. The van der Waals surface area contributed by atoms with Gasteiger partial charge in [-0.15, -0.1) is 11.3 Å². The van der Waals surface area contributed by atoms with E-state index in [2.05, 4.69) is 36.5 Å². The highest BCUT2D eigenvalue weighted by atomic mass is 32.1. The zero-order chi connectivity index (χ0) is 9.97. The van der Waals surface area contributed by atoms with Gasteiger partial charge in [0.25, 0.3) is 0 Å². The van der Waals surface area contributed by atoms with E-state index in [-0.39, 0.29) is 0 Å². The minimum absolute atomic E-state index is 1.05. The summed E-state index contributed by atoms with van der Waals surface area (Å²) in [5.74, 6) is 0. The molecule has 1 heterocycles. The molecule has 0 aliphatic heterocycles. The van der Waals surface area contributed by atoms with Gasteiger partial charge >= 0.3 is 0 Å². The van der Waals surface area contributed by atoms with Crippen molar-refractivity contribution in [1.82, 2.24) is 5.32 Å². The molecule has 2 aromatic rings. The van der Waals surface area contributed by atoms with Crippen LogP contribution < -0.4 is 5.32 Å². The average Bonchev–Trinajstić information content (AvgIpc) is 2.54. The summed E-state index contributed by atoms with van der Waals surface area (Å²) in [6.45, 7) is 3.22. The Morgan fingerprint density at radius 1 is 1.29 bits per heavy atom. The first kappa shape index (κ1) is 9.69. The fourth-order valence-corrected chi connectivity index (χ4v) is 2.62. The van der Waals surface area contributed by atoms with Crippen LogP contribution in [0.2, 0.25) is 0 Å². The molecule has 1 N–H and O–H groups in total. The second-order valence-corrected chi connectivity index (χ2v) is 4.87. The maximum Gasteiger partial charge on any atom is 0.0348 e. The fourth-order valence-electron chi connectivity index (χ4n) is 1.63. The summed E-state index contributed by atoms with van der Waals surface area (Å²) in [4.78, 5) is 1.39. The Morgan fingerprint density at radius 2 is 2.14 bits per heavy atom. The van der Waals surface area contributed by atoms with Crippen LogP contribution in [0.1, 0.15) is 10.4 Å². The molecule has 0 aliphatic carbocycles. The molecule has 74 valence electrons. The Hall–Kier alpha value is -0.860. The van der Waals surface area contributed by atoms with Crippen molar-refractivity contribution in [1.29, 1.82) is 0 Å². The number of fused-ring (bicyclic) bond motifs is 1. The first-order valence-corrected chi connectivity index (χ1v) is 5.75. The van der Waals surface area contributed by atoms with Gasteiger partial charge in [0.1, 0.15) is 0 Å². The molecular weight excluding hydrogens is 190 g/mol. The van der Waals surface area contributed by atoms with Gasteiger partial charge in [-0.25, -0.2) is 0 Å². The number of thiophene rings is 1. The van der Waals surface area contributed by atoms with Gasteiger partial charge in [0.15, 0.2) is 0 Å². The smallest absolute Gasteiger partial charge is 0.0348 e. The van der Waals surface area contributed by atoms with Crippen molar-refractivity contribution in [3.63, 3.8) is 0 Å². The molecule has 0 fully saturated rings. The molecular formula is C12H15NS. The van der Waals surface area contributed by atoms with E-state index in [4.69, 9.17) is 0 Å². The molecule has 14 heavy (non-hydrogen) atoms. The number of nitrogens with one attached hydrogen (secondary N) is 1. The first-order valence-electron chi connectivity index (χ1n) is 4.93. The normalized spacial score (nSPS) is 11.0. The maximum atomic E-state index is 3.17. The minimum atomic E-state index is 1.05. The van der Waals surface area contributed by atoms with E-state index in [1.165, 1.54) is 20.5 Å². The van der Waals surface area contributed by atoms with Crippen molar-refractivity contribution >= 4 is 21.4 Å². The van der Waals surface area contributed by atoms with Crippen LogP contribution in [0.3, 0.4) is 0 Å². The van der Waals surface area contributed by atoms with Crippen LogP contribution in [0, 0.1) is 6.92 Å². The van der Waals surface area contributed by atoms with Crippen LogP contribution in [0.5, 0.6) is 0 Å². The maximum absolute atomic E-state index is 3.17. The van der Waals surface area contributed by atoms with Crippen LogP contribution in [0.15, 0.2) is 24.3 Å². The molecule has 0 amide bonds. The number of hydrogen-bond donors (Lipinski definition) is 1. The number of likely N-dealkylation sites (N-methyl/N-ethyl adjacent to an activating group) is 1. The molecule has 1 aromatic heterocycles. The molecule has 0 unspecified atom stereocenters. The molecule has 0 saturated carbocycles. The summed E-state index contributed by atoms with van der Waals surface area (Å²) in [5.41, 5.74) is 1.42. The number of hydrogen-bond acceptors (Lipinski definition) is 2. The Morgan fingerprint density at radius 3 is 2.93 bits per heavy atom. The van der Waals surface area contributed by atoms with Crippen molar-refractivity contribution in [2.75, 3.05) is 13.6 Å². The third-order valence-corrected chi connectivity index (χ3v) is 3.38. The van der Waals surface area contributed by atoms with Crippen molar-refractivity contribution in [2.24, 2.45) is 0 Å². The van der Waals surface area contributed by atoms with E-state index in [0.29, 0.717) is 0 Å². The lowest BCUT2D eigenvalue weighted by molar-refractivity contribution is 0.792. The predicted molar refractivity (Wildman–Crippen MR) is 64.2 cm³/mol. The van der Waals surface area contributed by atoms with Crippen LogP contribution in [0.4, 0.5) is 0 Å². The molecule has 0 radical (unpaired) electrons. The topological polar surface area (TPSA) is 12.0 Å².